The fourth-order valence-electron chi connectivity index (χ4n) is 3.54. The van der Waals surface area contributed by atoms with Gasteiger partial charge in [-0.1, -0.05) is 0 Å². The van der Waals surface area contributed by atoms with Crippen molar-refractivity contribution >= 4 is 18.7 Å². The molecule has 2 aliphatic rings. The molecular weight excluding hydrogens is 412 g/mol. The normalized spacial score (nSPS) is 23.4. The van der Waals surface area contributed by atoms with E-state index in [2.05, 4.69) is 4.98 Å². The maximum Gasteiger partial charge on any atom is 0.494 e. The number of carbonyl (C=O) groups is 1. The fraction of sp³-hybridized carbons (Fsp3) is 0.714. The largest absolute Gasteiger partial charge is 0.494 e. The molecule has 3 rings (SSSR count). The standard InChI is InChI=1S/C21H30BF3N2O4/c1-18(2,3)29-17(28)27-9-8-13(12-27)15-10-14(11-16(26-15)21(23,24)25)22-30-19(4,5)20(6,7)31-22/h10-11,13H,8-9,12H2,1-7H3. The topological polar surface area (TPSA) is 60.9 Å². The van der Waals surface area contributed by atoms with E-state index in [9.17, 15) is 18.0 Å². The van der Waals surface area contributed by atoms with Gasteiger partial charge in [-0.25, -0.2) is 9.78 Å². The minimum absolute atomic E-state index is 0.242. The Morgan fingerprint density at radius 3 is 2.26 bits per heavy atom. The van der Waals surface area contributed by atoms with Crippen LogP contribution in [0.2, 0.25) is 0 Å². The Kier molecular flexibility index (Phi) is 5.89. The lowest BCUT2D eigenvalue weighted by atomic mass is 9.78. The van der Waals surface area contributed by atoms with Crippen LogP contribution in [0, 0.1) is 0 Å². The van der Waals surface area contributed by atoms with E-state index in [1.54, 1.807) is 26.8 Å². The summed E-state index contributed by atoms with van der Waals surface area (Å²) in [6.45, 7) is 13.3. The molecule has 1 aromatic rings. The molecule has 0 spiro atoms. The summed E-state index contributed by atoms with van der Waals surface area (Å²) < 4.78 is 58.0. The van der Waals surface area contributed by atoms with E-state index in [4.69, 9.17) is 14.0 Å². The first kappa shape index (κ1) is 23.8. The van der Waals surface area contributed by atoms with E-state index in [1.807, 2.05) is 27.7 Å². The van der Waals surface area contributed by atoms with Crippen LogP contribution in [-0.4, -0.2) is 53.0 Å². The van der Waals surface area contributed by atoms with Gasteiger partial charge in [-0.2, -0.15) is 13.2 Å². The molecule has 2 fully saturated rings. The molecule has 10 heteroatoms. The number of nitrogens with zero attached hydrogens (tertiary/aromatic N) is 2. The Morgan fingerprint density at radius 2 is 1.74 bits per heavy atom. The number of hydrogen-bond donors (Lipinski definition) is 0. The monoisotopic (exact) mass is 442 g/mol. The van der Waals surface area contributed by atoms with Crippen molar-refractivity contribution in [3.8, 4) is 0 Å². The number of halogens is 3. The van der Waals surface area contributed by atoms with Crippen LogP contribution >= 0.6 is 0 Å². The molecule has 1 atom stereocenters. The van der Waals surface area contributed by atoms with Crippen molar-refractivity contribution in [3.05, 3.63) is 23.5 Å². The molecule has 1 unspecified atom stereocenters. The summed E-state index contributed by atoms with van der Waals surface area (Å²) in [4.78, 5) is 17.7. The quantitative estimate of drug-likeness (QED) is 0.645. The highest BCUT2D eigenvalue weighted by molar-refractivity contribution is 6.62. The predicted molar refractivity (Wildman–Crippen MR) is 110 cm³/mol. The van der Waals surface area contributed by atoms with Gasteiger partial charge in [0.05, 0.1) is 11.2 Å². The zero-order valence-corrected chi connectivity index (χ0v) is 19.1. The first-order chi connectivity index (χ1) is 14.0. The molecule has 0 radical (unpaired) electrons. The number of pyridine rings is 1. The predicted octanol–water partition coefficient (Wildman–Crippen LogP) is 4.12. The summed E-state index contributed by atoms with van der Waals surface area (Å²) in [6, 6.07) is 2.58. The first-order valence-corrected chi connectivity index (χ1v) is 10.4. The second-order valence-corrected chi connectivity index (χ2v) is 10.2. The third-order valence-electron chi connectivity index (χ3n) is 5.94. The van der Waals surface area contributed by atoms with Gasteiger partial charge in [-0.15, -0.1) is 0 Å². The molecule has 172 valence electrons. The summed E-state index contributed by atoms with van der Waals surface area (Å²) in [5.41, 5.74) is -2.46. The zero-order valence-electron chi connectivity index (χ0n) is 19.1. The lowest BCUT2D eigenvalue weighted by Crippen LogP contribution is -2.41. The van der Waals surface area contributed by atoms with Crippen molar-refractivity contribution in [1.29, 1.82) is 0 Å². The van der Waals surface area contributed by atoms with Crippen LogP contribution in [0.3, 0.4) is 0 Å². The van der Waals surface area contributed by atoms with Crippen LogP contribution in [0.25, 0.3) is 0 Å². The molecule has 3 heterocycles. The molecule has 6 nitrogen and oxygen atoms in total. The van der Waals surface area contributed by atoms with Gasteiger partial charge in [0.2, 0.25) is 0 Å². The number of carbonyl (C=O) groups excluding carboxylic acids is 1. The maximum atomic E-state index is 13.6. The van der Waals surface area contributed by atoms with Crippen LogP contribution in [0.15, 0.2) is 12.1 Å². The second kappa shape index (κ2) is 7.65. The number of amides is 1. The van der Waals surface area contributed by atoms with Crippen molar-refractivity contribution in [3.63, 3.8) is 0 Å². The molecule has 0 N–H and O–H groups in total. The van der Waals surface area contributed by atoms with E-state index in [0.717, 1.165) is 6.07 Å². The average Bonchev–Trinajstić information content (AvgIpc) is 3.15. The zero-order chi connectivity index (χ0) is 23.4. The highest BCUT2D eigenvalue weighted by atomic mass is 19.4. The van der Waals surface area contributed by atoms with Crippen molar-refractivity contribution in [1.82, 2.24) is 9.88 Å². The van der Waals surface area contributed by atoms with E-state index in [1.165, 1.54) is 4.90 Å². The molecule has 0 aromatic carbocycles. The number of rotatable bonds is 2. The number of aromatic nitrogens is 1. The Morgan fingerprint density at radius 1 is 1.16 bits per heavy atom. The lowest BCUT2D eigenvalue weighted by molar-refractivity contribution is -0.141. The Bertz CT molecular complexity index is 836. The van der Waals surface area contributed by atoms with Crippen LogP contribution in [-0.2, 0) is 20.2 Å². The number of hydrogen-bond acceptors (Lipinski definition) is 5. The number of likely N-dealkylation sites (tertiary alicyclic amines) is 1. The number of ether oxygens (including phenoxy) is 1. The molecule has 1 amide bonds. The summed E-state index contributed by atoms with van der Waals surface area (Å²) in [5.74, 6) is -0.337. The first-order valence-electron chi connectivity index (χ1n) is 10.4. The van der Waals surface area contributed by atoms with Crippen LogP contribution in [0.1, 0.15) is 72.2 Å². The van der Waals surface area contributed by atoms with Gasteiger partial charge in [0.25, 0.3) is 0 Å². The van der Waals surface area contributed by atoms with Crippen molar-refractivity contribution in [2.24, 2.45) is 0 Å². The molecule has 0 aliphatic carbocycles. The average molecular weight is 442 g/mol. The van der Waals surface area contributed by atoms with Gasteiger partial charge in [-0.3, -0.25) is 0 Å². The molecule has 1 aromatic heterocycles. The van der Waals surface area contributed by atoms with E-state index in [0.29, 0.717) is 13.0 Å². The SMILES string of the molecule is CC(C)(C)OC(=O)N1CCC(c2cc(B3OC(C)(C)C(C)(C)O3)cc(C(F)(F)F)n2)C1. The van der Waals surface area contributed by atoms with E-state index >= 15 is 0 Å². The van der Waals surface area contributed by atoms with E-state index < -0.39 is 41.9 Å². The Hall–Kier alpha value is -1.81. The second-order valence-electron chi connectivity index (χ2n) is 10.2. The summed E-state index contributed by atoms with van der Waals surface area (Å²) >= 11 is 0. The van der Waals surface area contributed by atoms with Crippen LogP contribution in [0.4, 0.5) is 18.0 Å². The molecule has 2 saturated heterocycles. The third kappa shape index (κ3) is 5.17. The highest BCUT2D eigenvalue weighted by Crippen LogP contribution is 2.37. The Labute approximate surface area is 181 Å². The number of alkyl halides is 3. The molecular formula is C21H30BF3N2O4. The van der Waals surface area contributed by atoms with Gasteiger partial charge >= 0.3 is 19.4 Å². The maximum absolute atomic E-state index is 13.6. The van der Waals surface area contributed by atoms with Crippen LogP contribution < -0.4 is 5.46 Å². The van der Waals surface area contributed by atoms with Crippen molar-refractivity contribution in [2.75, 3.05) is 13.1 Å². The highest BCUT2D eigenvalue weighted by Gasteiger charge is 2.52. The summed E-state index contributed by atoms with van der Waals surface area (Å²) in [7, 11) is -0.934. The van der Waals surface area contributed by atoms with Gasteiger partial charge < -0.3 is 18.9 Å². The summed E-state index contributed by atoms with van der Waals surface area (Å²) in [5, 5.41) is 0. The molecule has 0 saturated carbocycles. The van der Waals surface area contributed by atoms with Crippen molar-refractivity contribution < 1.29 is 32.0 Å². The van der Waals surface area contributed by atoms with Crippen molar-refractivity contribution in [2.45, 2.75) is 83.8 Å². The molecule has 2 aliphatic heterocycles. The minimum Gasteiger partial charge on any atom is -0.444 e. The van der Waals surface area contributed by atoms with Crippen LogP contribution in [0.5, 0.6) is 0 Å². The Balaban J connectivity index is 1.88. The third-order valence-corrected chi connectivity index (χ3v) is 5.94. The van der Waals surface area contributed by atoms with Gasteiger partial charge in [0.15, 0.2) is 0 Å². The fourth-order valence-corrected chi connectivity index (χ4v) is 3.54. The molecule has 31 heavy (non-hydrogen) atoms. The smallest absolute Gasteiger partial charge is 0.444 e. The van der Waals surface area contributed by atoms with Gasteiger partial charge in [-0.05, 0) is 72.5 Å². The summed E-state index contributed by atoms with van der Waals surface area (Å²) in [6.07, 6.45) is -4.60. The lowest BCUT2D eigenvalue weighted by Gasteiger charge is -2.32. The van der Waals surface area contributed by atoms with E-state index in [-0.39, 0.29) is 23.6 Å². The molecule has 0 bridgehead atoms. The minimum atomic E-state index is -4.61. The van der Waals surface area contributed by atoms with Gasteiger partial charge in [0.1, 0.15) is 11.3 Å². The van der Waals surface area contributed by atoms with Gasteiger partial charge in [0, 0.05) is 24.7 Å².